The van der Waals surface area contributed by atoms with Crippen molar-refractivity contribution in [3.63, 3.8) is 0 Å². The highest BCUT2D eigenvalue weighted by atomic mass is 19.4. The van der Waals surface area contributed by atoms with E-state index in [2.05, 4.69) is 4.74 Å². The Hall–Kier alpha value is -2.05. The second-order valence-electron chi connectivity index (χ2n) is 6.14. The molecule has 0 bridgehead atoms. The summed E-state index contributed by atoms with van der Waals surface area (Å²) >= 11 is 0. The zero-order valence-corrected chi connectivity index (χ0v) is 14.4. The first-order valence-corrected chi connectivity index (χ1v) is 8.45. The first-order valence-electron chi connectivity index (χ1n) is 9.45. The van der Waals surface area contributed by atoms with Crippen LogP contribution in [0.25, 0.3) is 0 Å². The Labute approximate surface area is 154 Å². The smallest absolute Gasteiger partial charge is 0.406 e. The van der Waals surface area contributed by atoms with E-state index >= 15 is 0 Å². The lowest BCUT2D eigenvalue weighted by molar-refractivity contribution is -0.274. The van der Waals surface area contributed by atoms with Crippen LogP contribution in [0.3, 0.4) is 0 Å². The Kier molecular flexibility index (Phi) is 5.03. The molecule has 1 aliphatic rings. The van der Waals surface area contributed by atoms with E-state index in [1.165, 1.54) is 24.3 Å². The Morgan fingerprint density at radius 3 is 2.50 bits per heavy atom. The largest absolute Gasteiger partial charge is 0.573 e. The van der Waals surface area contributed by atoms with Gasteiger partial charge in [0.25, 0.3) is 0 Å². The van der Waals surface area contributed by atoms with Gasteiger partial charge in [0, 0.05) is 21.8 Å². The number of nitrogens with zero attached hydrogens (tertiary/aromatic N) is 1. The molecule has 2 aromatic carbocycles. The SMILES string of the molecule is [2H]C1([2H])CO[C@@H](c2ccc(OC(F)(F)F)cc2)CCN1[C@H](C)c1ccccc1. The van der Waals surface area contributed by atoms with Crippen LogP contribution < -0.4 is 4.74 Å². The van der Waals surface area contributed by atoms with E-state index in [-0.39, 0.29) is 18.4 Å². The van der Waals surface area contributed by atoms with Crippen LogP contribution in [0.15, 0.2) is 54.6 Å². The van der Waals surface area contributed by atoms with Crippen molar-refractivity contribution in [1.82, 2.24) is 4.90 Å². The van der Waals surface area contributed by atoms with Crippen molar-refractivity contribution in [2.45, 2.75) is 31.9 Å². The van der Waals surface area contributed by atoms with Crippen LogP contribution in [-0.2, 0) is 4.74 Å². The van der Waals surface area contributed by atoms with Gasteiger partial charge in [0.15, 0.2) is 0 Å². The minimum absolute atomic E-state index is 0.129. The summed E-state index contributed by atoms with van der Waals surface area (Å²) in [6, 6.07) is 15.1. The molecule has 1 heterocycles. The highest BCUT2D eigenvalue weighted by Gasteiger charge is 2.31. The Bertz CT molecular complexity index is 769. The predicted molar refractivity (Wildman–Crippen MR) is 92.9 cm³/mol. The van der Waals surface area contributed by atoms with Crippen LogP contribution in [0.1, 0.15) is 39.4 Å². The van der Waals surface area contributed by atoms with Crippen molar-refractivity contribution in [3.05, 3.63) is 65.7 Å². The molecule has 3 nitrogen and oxygen atoms in total. The van der Waals surface area contributed by atoms with E-state index < -0.39 is 19.0 Å². The van der Waals surface area contributed by atoms with E-state index in [4.69, 9.17) is 7.48 Å². The first-order chi connectivity index (χ1) is 13.2. The number of benzene rings is 2. The van der Waals surface area contributed by atoms with Crippen molar-refractivity contribution >= 4 is 0 Å². The van der Waals surface area contributed by atoms with Gasteiger partial charge >= 0.3 is 6.36 Å². The molecule has 1 saturated heterocycles. The molecule has 0 radical (unpaired) electrons. The third kappa shape index (κ3) is 4.99. The lowest BCUT2D eigenvalue weighted by atomic mass is 10.0. The Balaban J connectivity index is 1.72. The molecule has 2 aromatic rings. The van der Waals surface area contributed by atoms with Gasteiger partial charge in [-0.3, -0.25) is 4.90 Å². The highest BCUT2D eigenvalue weighted by molar-refractivity contribution is 5.29. The summed E-state index contributed by atoms with van der Waals surface area (Å²) in [5, 5.41) is 0. The molecule has 0 spiro atoms. The van der Waals surface area contributed by atoms with Gasteiger partial charge in [0.2, 0.25) is 0 Å². The Morgan fingerprint density at radius 2 is 1.85 bits per heavy atom. The van der Waals surface area contributed by atoms with Crippen molar-refractivity contribution in [2.75, 3.05) is 19.6 Å². The van der Waals surface area contributed by atoms with Gasteiger partial charge in [-0.15, -0.1) is 13.2 Å². The van der Waals surface area contributed by atoms with Gasteiger partial charge in [0.1, 0.15) is 5.75 Å². The Morgan fingerprint density at radius 1 is 1.15 bits per heavy atom. The van der Waals surface area contributed by atoms with Gasteiger partial charge in [-0.25, -0.2) is 0 Å². The molecule has 0 aromatic heterocycles. The van der Waals surface area contributed by atoms with Crippen LogP contribution in [0.2, 0.25) is 0 Å². The molecule has 3 rings (SSSR count). The highest BCUT2D eigenvalue weighted by Crippen LogP contribution is 2.30. The average Bonchev–Trinajstić information content (AvgIpc) is 2.79. The molecule has 140 valence electrons. The number of alkyl halides is 3. The summed E-state index contributed by atoms with van der Waals surface area (Å²) < 4.78 is 63.4. The fourth-order valence-electron chi connectivity index (χ4n) is 3.03. The van der Waals surface area contributed by atoms with E-state index in [1.54, 1.807) is 4.90 Å². The molecule has 2 atom stereocenters. The average molecular weight is 367 g/mol. The van der Waals surface area contributed by atoms with Gasteiger partial charge in [-0.2, -0.15) is 0 Å². The molecule has 0 aliphatic carbocycles. The first kappa shape index (κ1) is 16.1. The summed E-state index contributed by atoms with van der Waals surface area (Å²) in [5.41, 5.74) is 1.71. The van der Waals surface area contributed by atoms with Crippen LogP contribution in [0.5, 0.6) is 5.75 Å². The molecule has 0 amide bonds. The maximum atomic E-state index is 12.3. The van der Waals surface area contributed by atoms with Crippen LogP contribution >= 0.6 is 0 Å². The third-order valence-corrected chi connectivity index (χ3v) is 4.42. The summed E-state index contributed by atoms with van der Waals surface area (Å²) in [5.74, 6) is -0.292. The number of hydrogen-bond donors (Lipinski definition) is 0. The molecule has 0 unspecified atom stereocenters. The molecular formula is C20H22F3NO2. The second-order valence-corrected chi connectivity index (χ2v) is 6.14. The molecule has 0 N–H and O–H groups in total. The lowest BCUT2D eigenvalue weighted by Crippen LogP contribution is -2.29. The molecule has 1 aliphatic heterocycles. The number of hydrogen-bond acceptors (Lipinski definition) is 3. The maximum absolute atomic E-state index is 12.3. The zero-order chi connectivity index (χ0) is 20.4. The fraction of sp³-hybridized carbons (Fsp3) is 0.400. The van der Waals surface area contributed by atoms with E-state index in [1.807, 2.05) is 37.3 Å². The standard InChI is InChI=1S/C20H22F3NO2/c1-15(16-5-3-2-4-6-16)24-12-11-19(25-14-13-24)17-7-9-18(10-8-17)26-20(21,22)23/h2-10,15,19H,11-14H2,1H3/t15-,19-/m1/s1/i13D2. The summed E-state index contributed by atoms with van der Waals surface area (Å²) in [7, 11) is 0. The quantitative estimate of drug-likeness (QED) is 0.750. The van der Waals surface area contributed by atoms with E-state index in [9.17, 15) is 13.2 Å². The summed E-state index contributed by atoms with van der Waals surface area (Å²) in [6.45, 7) is 0.615. The number of rotatable bonds is 4. The molecule has 6 heteroatoms. The number of ether oxygens (including phenoxy) is 2. The van der Waals surface area contributed by atoms with Crippen molar-refractivity contribution < 1.29 is 25.4 Å². The zero-order valence-electron chi connectivity index (χ0n) is 16.4. The normalized spacial score (nSPS) is 23.5. The molecule has 1 fully saturated rings. The van der Waals surface area contributed by atoms with Gasteiger partial charge in [0.05, 0.1) is 12.7 Å². The van der Waals surface area contributed by atoms with Crippen LogP contribution in [0.4, 0.5) is 13.2 Å². The fourth-order valence-corrected chi connectivity index (χ4v) is 3.03. The minimum atomic E-state index is -4.73. The molecular weight excluding hydrogens is 343 g/mol. The van der Waals surface area contributed by atoms with Crippen LogP contribution in [0, 0.1) is 0 Å². The summed E-state index contributed by atoms with van der Waals surface area (Å²) in [6.07, 6.45) is -4.61. The van der Waals surface area contributed by atoms with Crippen molar-refractivity contribution in [2.24, 2.45) is 0 Å². The van der Waals surface area contributed by atoms with Crippen LogP contribution in [-0.4, -0.2) is 30.9 Å². The van der Waals surface area contributed by atoms with Crippen molar-refractivity contribution in [3.8, 4) is 5.75 Å². The van der Waals surface area contributed by atoms with Gasteiger partial charge in [-0.1, -0.05) is 42.5 Å². The lowest BCUT2D eigenvalue weighted by Gasteiger charge is -2.27. The van der Waals surface area contributed by atoms with Gasteiger partial charge in [-0.05, 0) is 36.6 Å². The molecule has 26 heavy (non-hydrogen) atoms. The summed E-state index contributed by atoms with van der Waals surface area (Å²) in [4.78, 5) is 1.77. The predicted octanol–water partition coefficient (Wildman–Crippen LogP) is 5.11. The minimum Gasteiger partial charge on any atom is -0.406 e. The van der Waals surface area contributed by atoms with Gasteiger partial charge < -0.3 is 9.47 Å². The second kappa shape index (κ2) is 8.10. The number of halogens is 3. The monoisotopic (exact) mass is 367 g/mol. The topological polar surface area (TPSA) is 21.7 Å². The molecule has 0 saturated carbocycles. The van der Waals surface area contributed by atoms with E-state index in [0.29, 0.717) is 18.5 Å². The maximum Gasteiger partial charge on any atom is 0.573 e. The third-order valence-electron chi connectivity index (χ3n) is 4.42. The van der Waals surface area contributed by atoms with Crippen molar-refractivity contribution in [1.29, 1.82) is 0 Å². The van der Waals surface area contributed by atoms with E-state index in [0.717, 1.165) is 5.56 Å².